The fraction of sp³-hybridized carbons (Fsp3) is 0.762. The number of nitrogens with zero attached hydrogens (tertiary/aromatic N) is 2. The second-order valence-electron chi connectivity index (χ2n) is 8.15. The highest BCUT2D eigenvalue weighted by atomic mass is 16.5. The lowest BCUT2D eigenvalue weighted by Gasteiger charge is -2.33. The van der Waals surface area contributed by atoms with Gasteiger partial charge in [0.15, 0.2) is 0 Å². The summed E-state index contributed by atoms with van der Waals surface area (Å²) in [6.45, 7) is 6.13. The van der Waals surface area contributed by atoms with E-state index in [-0.39, 0.29) is 42.7 Å². The van der Waals surface area contributed by atoms with Gasteiger partial charge in [0.05, 0.1) is 31.7 Å². The van der Waals surface area contributed by atoms with E-state index in [2.05, 4.69) is 15.5 Å². The maximum absolute atomic E-state index is 13.3. The predicted molar refractivity (Wildman–Crippen MR) is 110 cm³/mol. The number of hydrogen-bond donors (Lipinski definition) is 3. The Hall–Kier alpha value is -1.97. The molecule has 0 aromatic carbocycles. The third-order valence-electron chi connectivity index (χ3n) is 6.57. The SMILES string of the molecule is CC[C@@H]1C=C[C@H]2[C@@H](C(=O)N(CCO)[C@@H]2C(=O)NCCN2CCOCC2)[C@@H]1C(=O)NC. The summed E-state index contributed by atoms with van der Waals surface area (Å²) < 4.78 is 5.34. The second-order valence-corrected chi connectivity index (χ2v) is 8.15. The lowest BCUT2D eigenvalue weighted by atomic mass is 9.69. The first-order valence-electron chi connectivity index (χ1n) is 10.9. The molecular weight excluding hydrogens is 388 g/mol. The number of ether oxygens (including phenoxy) is 1. The third kappa shape index (κ3) is 4.53. The highest BCUT2D eigenvalue weighted by molar-refractivity contribution is 5.96. The van der Waals surface area contributed by atoms with E-state index in [0.29, 0.717) is 19.8 Å². The number of hydrogen-bond acceptors (Lipinski definition) is 6. The molecule has 3 amide bonds. The van der Waals surface area contributed by atoms with Crippen LogP contribution in [0.5, 0.6) is 0 Å². The van der Waals surface area contributed by atoms with Crippen molar-refractivity contribution in [2.24, 2.45) is 23.7 Å². The number of aliphatic hydroxyl groups is 1. The van der Waals surface area contributed by atoms with Crippen molar-refractivity contribution < 1.29 is 24.2 Å². The Morgan fingerprint density at radius 2 is 1.93 bits per heavy atom. The zero-order chi connectivity index (χ0) is 21.7. The summed E-state index contributed by atoms with van der Waals surface area (Å²) in [7, 11) is 1.57. The molecular formula is C21H34N4O5. The van der Waals surface area contributed by atoms with E-state index >= 15 is 0 Å². The summed E-state index contributed by atoms with van der Waals surface area (Å²) in [6.07, 6.45) is 4.64. The van der Waals surface area contributed by atoms with Crippen molar-refractivity contribution in [2.45, 2.75) is 19.4 Å². The van der Waals surface area contributed by atoms with Gasteiger partial charge >= 0.3 is 0 Å². The summed E-state index contributed by atoms with van der Waals surface area (Å²) in [5.41, 5.74) is 0. The molecule has 2 heterocycles. The maximum atomic E-state index is 13.3. The molecule has 0 bridgehead atoms. The van der Waals surface area contributed by atoms with E-state index in [1.165, 1.54) is 4.90 Å². The van der Waals surface area contributed by atoms with Crippen molar-refractivity contribution in [1.82, 2.24) is 20.4 Å². The van der Waals surface area contributed by atoms with Crippen LogP contribution in [0.1, 0.15) is 13.3 Å². The van der Waals surface area contributed by atoms with E-state index < -0.39 is 17.9 Å². The van der Waals surface area contributed by atoms with Crippen molar-refractivity contribution in [3.8, 4) is 0 Å². The Labute approximate surface area is 177 Å². The average molecular weight is 423 g/mol. The van der Waals surface area contributed by atoms with Gasteiger partial charge in [0, 0.05) is 45.7 Å². The van der Waals surface area contributed by atoms with Gasteiger partial charge in [-0.1, -0.05) is 19.1 Å². The molecule has 0 unspecified atom stereocenters. The minimum absolute atomic E-state index is 0.0470. The summed E-state index contributed by atoms with van der Waals surface area (Å²) in [4.78, 5) is 42.7. The summed E-state index contributed by atoms with van der Waals surface area (Å²) in [5.74, 6) is -2.14. The second kappa shape index (κ2) is 10.4. The molecule has 0 radical (unpaired) electrons. The molecule has 0 aromatic heterocycles. The molecule has 168 valence electrons. The number of carbonyl (C=O) groups excluding carboxylic acids is 3. The van der Waals surface area contributed by atoms with Gasteiger partial charge in [0.1, 0.15) is 6.04 Å². The molecule has 1 aliphatic carbocycles. The monoisotopic (exact) mass is 422 g/mol. The number of allylic oxidation sites excluding steroid dienone is 1. The highest BCUT2D eigenvalue weighted by Gasteiger charge is 2.56. The van der Waals surface area contributed by atoms with Crippen LogP contribution in [0, 0.1) is 23.7 Å². The average Bonchev–Trinajstić information content (AvgIpc) is 3.05. The number of amides is 3. The van der Waals surface area contributed by atoms with Gasteiger partial charge in [-0.05, 0) is 12.3 Å². The summed E-state index contributed by atoms with van der Waals surface area (Å²) in [6, 6.07) is -0.708. The van der Waals surface area contributed by atoms with Gasteiger partial charge in [-0.2, -0.15) is 0 Å². The first-order valence-corrected chi connectivity index (χ1v) is 10.9. The molecule has 0 saturated carbocycles. The van der Waals surface area contributed by atoms with Crippen LogP contribution in [-0.4, -0.2) is 98.3 Å². The summed E-state index contributed by atoms with van der Waals surface area (Å²) >= 11 is 0. The number of rotatable bonds is 8. The molecule has 9 nitrogen and oxygen atoms in total. The Balaban J connectivity index is 1.75. The van der Waals surface area contributed by atoms with Crippen molar-refractivity contribution in [3.05, 3.63) is 12.2 Å². The predicted octanol–water partition coefficient (Wildman–Crippen LogP) is -1.17. The van der Waals surface area contributed by atoms with E-state index in [0.717, 1.165) is 26.1 Å². The van der Waals surface area contributed by atoms with Crippen LogP contribution in [0.3, 0.4) is 0 Å². The Bertz CT molecular complexity index is 664. The van der Waals surface area contributed by atoms with Gasteiger partial charge in [0.2, 0.25) is 17.7 Å². The third-order valence-corrected chi connectivity index (χ3v) is 6.57. The minimum Gasteiger partial charge on any atom is -0.395 e. The van der Waals surface area contributed by atoms with Crippen molar-refractivity contribution in [2.75, 3.05) is 59.6 Å². The van der Waals surface area contributed by atoms with E-state index in [1.807, 2.05) is 19.1 Å². The molecule has 0 aromatic rings. The molecule has 9 heteroatoms. The van der Waals surface area contributed by atoms with E-state index in [4.69, 9.17) is 4.74 Å². The fourth-order valence-electron chi connectivity index (χ4n) is 5.03. The van der Waals surface area contributed by atoms with Crippen molar-refractivity contribution in [1.29, 1.82) is 0 Å². The molecule has 5 atom stereocenters. The highest BCUT2D eigenvalue weighted by Crippen LogP contribution is 2.44. The molecule has 0 spiro atoms. The first-order chi connectivity index (χ1) is 14.5. The van der Waals surface area contributed by atoms with Gasteiger partial charge in [0.25, 0.3) is 0 Å². The Kier molecular flexibility index (Phi) is 7.85. The fourth-order valence-corrected chi connectivity index (χ4v) is 5.03. The number of likely N-dealkylation sites (tertiary alicyclic amines) is 1. The Morgan fingerprint density at radius 3 is 2.57 bits per heavy atom. The van der Waals surface area contributed by atoms with E-state index in [9.17, 15) is 19.5 Å². The number of aliphatic hydroxyl groups excluding tert-OH is 1. The van der Waals surface area contributed by atoms with Gasteiger partial charge < -0.3 is 25.4 Å². The normalized spacial score (nSPS) is 31.5. The van der Waals surface area contributed by atoms with Crippen LogP contribution in [0.4, 0.5) is 0 Å². The zero-order valence-corrected chi connectivity index (χ0v) is 17.9. The molecule has 2 aliphatic heterocycles. The van der Waals surface area contributed by atoms with Crippen LogP contribution >= 0.6 is 0 Å². The lowest BCUT2D eigenvalue weighted by Crippen LogP contribution is -2.50. The van der Waals surface area contributed by atoms with Crippen molar-refractivity contribution >= 4 is 17.7 Å². The summed E-state index contributed by atoms with van der Waals surface area (Å²) in [5, 5.41) is 15.2. The number of morpholine rings is 1. The molecule has 3 rings (SSSR count). The van der Waals surface area contributed by atoms with Crippen molar-refractivity contribution in [3.63, 3.8) is 0 Å². The van der Waals surface area contributed by atoms with E-state index in [1.54, 1.807) is 7.05 Å². The minimum atomic E-state index is -0.708. The Morgan fingerprint density at radius 1 is 1.20 bits per heavy atom. The zero-order valence-electron chi connectivity index (χ0n) is 17.9. The van der Waals surface area contributed by atoms with Gasteiger partial charge in [-0.25, -0.2) is 0 Å². The smallest absolute Gasteiger partial charge is 0.243 e. The molecule has 2 saturated heterocycles. The molecule has 3 N–H and O–H groups in total. The largest absolute Gasteiger partial charge is 0.395 e. The number of β-amino-alcohol motifs (C(OH)–C–C–N with tert-alkyl or cyclic N) is 1. The van der Waals surface area contributed by atoms with Crippen LogP contribution < -0.4 is 10.6 Å². The lowest BCUT2D eigenvalue weighted by molar-refractivity contribution is -0.141. The van der Waals surface area contributed by atoms with Gasteiger partial charge in [-0.3, -0.25) is 19.3 Å². The number of nitrogens with one attached hydrogen (secondary N) is 2. The standard InChI is InChI=1S/C21H34N4O5/c1-3-14-4-5-15-17(16(14)19(27)22-2)21(29)25(8-11-26)18(15)20(28)23-6-7-24-9-12-30-13-10-24/h4-5,14-18,26H,3,6-13H2,1-2H3,(H,22,27)(H,23,28)/t14-,15+,16-,17-,18+/m1/s1. The van der Waals surface area contributed by atoms with Crippen LogP contribution in [0.2, 0.25) is 0 Å². The molecule has 2 fully saturated rings. The number of carbonyl (C=O) groups is 3. The van der Waals surface area contributed by atoms with Crippen LogP contribution in [0.15, 0.2) is 12.2 Å². The van der Waals surface area contributed by atoms with Crippen LogP contribution in [-0.2, 0) is 19.1 Å². The molecule has 3 aliphatic rings. The number of fused-ring (bicyclic) bond motifs is 1. The van der Waals surface area contributed by atoms with Crippen LogP contribution in [0.25, 0.3) is 0 Å². The maximum Gasteiger partial charge on any atom is 0.243 e. The topological polar surface area (TPSA) is 111 Å². The molecule has 30 heavy (non-hydrogen) atoms. The first kappa shape index (κ1) is 22.7. The van der Waals surface area contributed by atoms with Gasteiger partial charge in [-0.15, -0.1) is 0 Å². The quantitative estimate of drug-likeness (QED) is 0.425.